The average molecular weight is 357 g/mol. The second kappa shape index (κ2) is 10.3. The summed E-state index contributed by atoms with van der Waals surface area (Å²) in [6, 6.07) is 14.6. The average Bonchev–Trinajstić information content (AvgIpc) is 2.65. The third-order valence-corrected chi connectivity index (χ3v) is 3.71. The predicted molar refractivity (Wildman–Crippen MR) is 103 cm³/mol. The lowest BCUT2D eigenvalue weighted by molar-refractivity contribution is -0.122. The fourth-order valence-corrected chi connectivity index (χ4v) is 2.25. The number of benzene rings is 2. The molecular formula is C21H27NO4. The van der Waals surface area contributed by atoms with E-state index in [2.05, 4.69) is 12.2 Å². The van der Waals surface area contributed by atoms with E-state index in [-0.39, 0.29) is 5.91 Å². The first-order chi connectivity index (χ1) is 12.6. The van der Waals surface area contributed by atoms with Crippen molar-refractivity contribution >= 4 is 11.6 Å². The first-order valence-corrected chi connectivity index (χ1v) is 9.05. The quantitative estimate of drug-likeness (QED) is 0.628. The van der Waals surface area contributed by atoms with Crippen molar-refractivity contribution in [1.82, 2.24) is 0 Å². The number of anilines is 1. The third-order valence-electron chi connectivity index (χ3n) is 3.71. The largest absolute Gasteiger partial charge is 0.494 e. The van der Waals surface area contributed by atoms with Gasteiger partial charge >= 0.3 is 0 Å². The Balaban J connectivity index is 1.84. The van der Waals surface area contributed by atoms with Gasteiger partial charge in [-0.1, -0.05) is 13.3 Å². The molecule has 0 saturated carbocycles. The van der Waals surface area contributed by atoms with Crippen LogP contribution in [0.4, 0.5) is 5.69 Å². The Morgan fingerprint density at radius 2 is 1.50 bits per heavy atom. The minimum Gasteiger partial charge on any atom is -0.494 e. The zero-order valence-corrected chi connectivity index (χ0v) is 15.7. The molecule has 0 aliphatic rings. The molecule has 0 saturated heterocycles. The van der Waals surface area contributed by atoms with Gasteiger partial charge in [-0.3, -0.25) is 4.79 Å². The smallest absolute Gasteiger partial charge is 0.265 e. The van der Waals surface area contributed by atoms with Gasteiger partial charge in [0.15, 0.2) is 6.10 Å². The van der Waals surface area contributed by atoms with Crippen LogP contribution >= 0.6 is 0 Å². The predicted octanol–water partition coefficient (Wildman–Crippen LogP) is 4.67. The van der Waals surface area contributed by atoms with Crippen LogP contribution in [0, 0.1) is 0 Å². The van der Waals surface area contributed by atoms with Gasteiger partial charge in [-0.15, -0.1) is 0 Å². The van der Waals surface area contributed by atoms with Crippen molar-refractivity contribution in [3.8, 4) is 17.2 Å². The highest BCUT2D eigenvalue weighted by Gasteiger charge is 2.15. The molecule has 2 rings (SSSR count). The van der Waals surface area contributed by atoms with Crippen molar-refractivity contribution in [3.05, 3.63) is 48.5 Å². The summed E-state index contributed by atoms with van der Waals surface area (Å²) >= 11 is 0. The van der Waals surface area contributed by atoms with E-state index in [4.69, 9.17) is 14.2 Å². The normalized spacial score (nSPS) is 11.5. The number of hydrogen-bond donors (Lipinski definition) is 1. The lowest BCUT2D eigenvalue weighted by Gasteiger charge is -2.15. The Bertz CT molecular complexity index is 667. The van der Waals surface area contributed by atoms with E-state index >= 15 is 0 Å². The molecule has 0 aromatic heterocycles. The molecule has 5 nitrogen and oxygen atoms in total. The molecule has 0 aliphatic heterocycles. The molecule has 0 heterocycles. The van der Waals surface area contributed by atoms with Gasteiger partial charge in [-0.2, -0.15) is 0 Å². The minimum atomic E-state index is -0.617. The summed E-state index contributed by atoms with van der Waals surface area (Å²) in [6.45, 7) is 7.09. The highest BCUT2D eigenvalue weighted by molar-refractivity contribution is 5.94. The van der Waals surface area contributed by atoms with Gasteiger partial charge in [0.05, 0.1) is 13.2 Å². The third kappa shape index (κ3) is 6.31. The Morgan fingerprint density at radius 1 is 0.923 bits per heavy atom. The molecule has 1 amide bonds. The monoisotopic (exact) mass is 357 g/mol. The Hall–Kier alpha value is -2.69. The molecule has 2 aromatic carbocycles. The Morgan fingerprint density at radius 3 is 2.12 bits per heavy atom. The van der Waals surface area contributed by atoms with E-state index in [1.807, 2.05) is 43.3 Å². The van der Waals surface area contributed by atoms with Gasteiger partial charge in [0.2, 0.25) is 0 Å². The number of carbonyl (C=O) groups excluding carboxylic acids is 1. The molecule has 0 radical (unpaired) electrons. The topological polar surface area (TPSA) is 56.8 Å². The van der Waals surface area contributed by atoms with Gasteiger partial charge in [-0.25, -0.2) is 0 Å². The molecule has 26 heavy (non-hydrogen) atoms. The second-order valence-corrected chi connectivity index (χ2v) is 5.88. The van der Waals surface area contributed by atoms with Crippen molar-refractivity contribution in [2.75, 3.05) is 18.5 Å². The van der Waals surface area contributed by atoms with Gasteiger partial charge in [0.1, 0.15) is 17.2 Å². The Labute approximate surface area is 155 Å². The molecule has 1 unspecified atom stereocenters. The second-order valence-electron chi connectivity index (χ2n) is 5.88. The minimum absolute atomic E-state index is 0.210. The van der Waals surface area contributed by atoms with Crippen LogP contribution in [0.2, 0.25) is 0 Å². The molecule has 1 atom stereocenters. The summed E-state index contributed by atoms with van der Waals surface area (Å²) < 4.78 is 16.7. The van der Waals surface area contributed by atoms with Crippen LogP contribution in [-0.4, -0.2) is 25.2 Å². The number of ether oxygens (including phenoxy) is 3. The lowest BCUT2D eigenvalue weighted by Crippen LogP contribution is -2.30. The van der Waals surface area contributed by atoms with Crippen molar-refractivity contribution < 1.29 is 19.0 Å². The van der Waals surface area contributed by atoms with Crippen LogP contribution in [0.1, 0.15) is 33.6 Å². The maximum Gasteiger partial charge on any atom is 0.265 e. The van der Waals surface area contributed by atoms with E-state index in [1.54, 1.807) is 19.1 Å². The summed E-state index contributed by atoms with van der Waals surface area (Å²) in [5.41, 5.74) is 0.708. The van der Waals surface area contributed by atoms with Gasteiger partial charge in [0.25, 0.3) is 5.91 Å². The molecule has 1 N–H and O–H groups in total. The molecule has 0 fully saturated rings. The number of hydrogen-bond acceptors (Lipinski definition) is 4. The van der Waals surface area contributed by atoms with E-state index in [0.717, 1.165) is 24.3 Å². The molecule has 140 valence electrons. The summed E-state index contributed by atoms with van der Waals surface area (Å²) in [6.07, 6.45) is 1.51. The van der Waals surface area contributed by atoms with Crippen LogP contribution in [0.15, 0.2) is 48.5 Å². The maximum atomic E-state index is 12.3. The van der Waals surface area contributed by atoms with Crippen LogP contribution in [0.5, 0.6) is 17.2 Å². The molecule has 0 spiro atoms. The van der Waals surface area contributed by atoms with Gasteiger partial charge < -0.3 is 19.5 Å². The van der Waals surface area contributed by atoms with E-state index < -0.39 is 6.10 Å². The van der Waals surface area contributed by atoms with Gasteiger partial charge in [-0.05, 0) is 68.8 Å². The van der Waals surface area contributed by atoms with Gasteiger partial charge in [0, 0.05) is 5.69 Å². The zero-order valence-electron chi connectivity index (χ0n) is 15.7. The van der Waals surface area contributed by atoms with Crippen molar-refractivity contribution in [2.45, 2.75) is 39.7 Å². The number of nitrogens with one attached hydrogen (secondary N) is 1. The molecule has 0 bridgehead atoms. The maximum absolute atomic E-state index is 12.3. The van der Waals surface area contributed by atoms with E-state index in [9.17, 15) is 4.79 Å². The van der Waals surface area contributed by atoms with E-state index in [1.165, 1.54) is 0 Å². The number of rotatable bonds is 10. The first kappa shape index (κ1) is 19.6. The molecule has 2 aromatic rings. The molecule has 5 heteroatoms. The fourth-order valence-electron chi connectivity index (χ4n) is 2.25. The van der Waals surface area contributed by atoms with Crippen molar-refractivity contribution in [1.29, 1.82) is 0 Å². The highest BCUT2D eigenvalue weighted by atomic mass is 16.5. The number of amides is 1. The first-order valence-electron chi connectivity index (χ1n) is 9.05. The summed E-state index contributed by atoms with van der Waals surface area (Å²) in [7, 11) is 0. The fraction of sp³-hybridized carbons (Fsp3) is 0.381. The van der Waals surface area contributed by atoms with Crippen molar-refractivity contribution in [3.63, 3.8) is 0 Å². The number of unbranched alkanes of at least 4 members (excludes halogenated alkanes) is 1. The van der Waals surface area contributed by atoms with Crippen LogP contribution < -0.4 is 19.5 Å². The summed E-state index contributed by atoms with van der Waals surface area (Å²) in [5.74, 6) is 1.99. The molecule has 0 aliphatic carbocycles. The molecular weight excluding hydrogens is 330 g/mol. The zero-order chi connectivity index (χ0) is 18.8. The standard InChI is InChI=1S/C21H27NO4/c1-4-6-15-25-19-9-7-17(8-10-19)22-21(23)16(3)26-20-13-11-18(12-14-20)24-5-2/h7-14,16H,4-6,15H2,1-3H3,(H,22,23). The lowest BCUT2D eigenvalue weighted by atomic mass is 10.2. The Kier molecular flexibility index (Phi) is 7.80. The highest BCUT2D eigenvalue weighted by Crippen LogP contribution is 2.20. The van der Waals surface area contributed by atoms with E-state index in [0.29, 0.717) is 24.7 Å². The van der Waals surface area contributed by atoms with Crippen LogP contribution in [0.25, 0.3) is 0 Å². The van der Waals surface area contributed by atoms with Crippen molar-refractivity contribution in [2.24, 2.45) is 0 Å². The SMILES string of the molecule is CCCCOc1ccc(NC(=O)C(C)Oc2ccc(OCC)cc2)cc1. The van der Waals surface area contributed by atoms with Crippen LogP contribution in [-0.2, 0) is 4.79 Å². The number of carbonyl (C=O) groups is 1. The van der Waals surface area contributed by atoms with Crippen LogP contribution in [0.3, 0.4) is 0 Å². The summed E-state index contributed by atoms with van der Waals surface area (Å²) in [5, 5.41) is 2.84. The summed E-state index contributed by atoms with van der Waals surface area (Å²) in [4.78, 5) is 12.3.